The highest BCUT2D eigenvalue weighted by molar-refractivity contribution is 5.96. The standard InChI is InChI=1S/C20H20N4O2/c25-20(23-17-11-26-18-8-4-3-7-15(17)18)13-9-16-19(21-10-13)24(12-22-16)14-5-1-2-6-14/h3-4,7-10,12,14,17H,1-2,5-6,11H2,(H,23,25). The van der Waals surface area contributed by atoms with Crippen molar-refractivity contribution in [2.45, 2.75) is 37.8 Å². The summed E-state index contributed by atoms with van der Waals surface area (Å²) in [6, 6.07) is 9.97. The van der Waals surface area contributed by atoms with Gasteiger partial charge in [0.2, 0.25) is 0 Å². The van der Waals surface area contributed by atoms with Crippen molar-refractivity contribution in [1.29, 1.82) is 0 Å². The molecule has 1 atom stereocenters. The van der Waals surface area contributed by atoms with Gasteiger partial charge in [-0.1, -0.05) is 31.0 Å². The van der Waals surface area contributed by atoms with Crippen molar-refractivity contribution in [3.8, 4) is 5.75 Å². The maximum absolute atomic E-state index is 12.7. The van der Waals surface area contributed by atoms with Gasteiger partial charge in [0.25, 0.3) is 5.91 Å². The van der Waals surface area contributed by atoms with Gasteiger partial charge in [0.05, 0.1) is 17.9 Å². The number of aromatic nitrogens is 3. The topological polar surface area (TPSA) is 69.0 Å². The highest BCUT2D eigenvalue weighted by Crippen LogP contribution is 2.33. The van der Waals surface area contributed by atoms with E-state index in [0.29, 0.717) is 18.2 Å². The summed E-state index contributed by atoms with van der Waals surface area (Å²) >= 11 is 0. The highest BCUT2D eigenvalue weighted by atomic mass is 16.5. The van der Waals surface area contributed by atoms with E-state index in [2.05, 4.69) is 19.9 Å². The van der Waals surface area contributed by atoms with Crippen LogP contribution in [0.25, 0.3) is 11.2 Å². The summed E-state index contributed by atoms with van der Waals surface area (Å²) in [5.74, 6) is 0.682. The van der Waals surface area contributed by atoms with Crippen LogP contribution in [0.5, 0.6) is 5.75 Å². The molecule has 5 rings (SSSR count). The number of ether oxygens (including phenoxy) is 1. The second kappa shape index (κ2) is 6.12. The van der Waals surface area contributed by atoms with Gasteiger partial charge in [0.1, 0.15) is 17.9 Å². The van der Waals surface area contributed by atoms with E-state index < -0.39 is 0 Å². The molecule has 2 aromatic heterocycles. The van der Waals surface area contributed by atoms with Gasteiger partial charge < -0.3 is 14.6 Å². The Morgan fingerprint density at radius 2 is 2.04 bits per heavy atom. The lowest BCUT2D eigenvalue weighted by atomic mass is 10.1. The molecule has 0 radical (unpaired) electrons. The molecule has 26 heavy (non-hydrogen) atoms. The summed E-state index contributed by atoms with van der Waals surface area (Å²) in [4.78, 5) is 21.7. The molecular weight excluding hydrogens is 328 g/mol. The molecule has 6 nitrogen and oxygen atoms in total. The van der Waals surface area contributed by atoms with Gasteiger partial charge in [-0.3, -0.25) is 4.79 Å². The summed E-state index contributed by atoms with van der Waals surface area (Å²) in [5, 5.41) is 3.04. The number of nitrogens with one attached hydrogen (secondary N) is 1. The summed E-state index contributed by atoms with van der Waals surface area (Å²) in [5.41, 5.74) is 3.18. The van der Waals surface area contributed by atoms with Crippen molar-refractivity contribution in [2.24, 2.45) is 0 Å². The van der Waals surface area contributed by atoms with Crippen LogP contribution in [0.2, 0.25) is 0 Å². The van der Waals surface area contributed by atoms with Gasteiger partial charge in [-0.25, -0.2) is 9.97 Å². The van der Waals surface area contributed by atoms with Crippen LogP contribution in [0, 0.1) is 0 Å². The first-order valence-corrected chi connectivity index (χ1v) is 9.15. The summed E-state index contributed by atoms with van der Waals surface area (Å²) in [6.45, 7) is 0.455. The Labute approximate surface area is 151 Å². The first-order valence-electron chi connectivity index (χ1n) is 9.15. The highest BCUT2D eigenvalue weighted by Gasteiger charge is 2.26. The zero-order chi connectivity index (χ0) is 17.5. The number of fused-ring (bicyclic) bond motifs is 2. The van der Waals surface area contributed by atoms with E-state index in [9.17, 15) is 4.79 Å². The molecule has 1 aliphatic carbocycles. The van der Waals surface area contributed by atoms with Crippen LogP contribution in [-0.2, 0) is 0 Å². The fourth-order valence-electron chi connectivity index (χ4n) is 4.02. The molecule has 0 saturated heterocycles. The third kappa shape index (κ3) is 2.53. The Hall–Kier alpha value is -2.89. The van der Waals surface area contributed by atoms with E-state index in [-0.39, 0.29) is 11.9 Å². The number of para-hydroxylation sites is 1. The predicted molar refractivity (Wildman–Crippen MR) is 97.2 cm³/mol. The minimum atomic E-state index is -0.153. The molecule has 6 heteroatoms. The van der Waals surface area contributed by atoms with Crippen LogP contribution >= 0.6 is 0 Å². The lowest BCUT2D eigenvalue weighted by Crippen LogP contribution is -2.29. The zero-order valence-electron chi connectivity index (χ0n) is 14.4. The molecule has 1 N–H and O–H groups in total. The predicted octanol–water partition coefficient (Wildman–Crippen LogP) is 3.41. The average Bonchev–Trinajstić information content (AvgIpc) is 3.40. The molecular formula is C20H20N4O2. The smallest absolute Gasteiger partial charge is 0.253 e. The maximum atomic E-state index is 12.7. The molecule has 3 heterocycles. The monoisotopic (exact) mass is 348 g/mol. The number of nitrogens with zero attached hydrogens (tertiary/aromatic N) is 3. The average molecular weight is 348 g/mol. The van der Waals surface area contributed by atoms with Gasteiger partial charge in [-0.2, -0.15) is 0 Å². The van der Waals surface area contributed by atoms with Crippen LogP contribution in [-0.4, -0.2) is 27.0 Å². The first-order chi connectivity index (χ1) is 12.8. The molecule has 2 aliphatic rings. The first kappa shape index (κ1) is 15.4. The molecule has 0 spiro atoms. The fraction of sp³-hybridized carbons (Fsp3) is 0.350. The molecule has 1 amide bonds. The van der Waals surface area contributed by atoms with E-state index >= 15 is 0 Å². The Morgan fingerprint density at radius 3 is 2.92 bits per heavy atom. The summed E-state index contributed by atoms with van der Waals surface area (Å²) in [6.07, 6.45) is 8.38. The quantitative estimate of drug-likeness (QED) is 0.787. The number of benzene rings is 1. The van der Waals surface area contributed by atoms with Gasteiger partial charge in [-0.15, -0.1) is 0 Å². The van der Waals surface area contributed by atoms with Crippen molar-refractivity contribution in [2.75, 3.05) is 6.61 Å². The third-order valence-electron chi connectivity index (χ3n) is 5.40. The molecule has 1 saturated carbocycles. The number of rotatable bonds is 3. The Morgan fingerprint density at radius 1 is 1.19 bits per heavy atom. The molecule has 0 bridgehead atoms. The molecule has 3 aromatic rings. The van der Waals surface area contributed by atoms with E-state index in [4.69, 9.17) is 4.74 Å². The molecule has 1 aliphatic heterocycles. The van der Waals surface area contributed by atoms with Crippen molar-refractivity contribution in [3.63, 3.8) is 0 Å². The van der Waals surface area contributed by atoms with Crippen molar-refractivity contribution in [1.82, 2.24) is 19.9 Å². The maximum Gasteiger partial charge on any atom is 0.253 e. The van der Waals surface area contributed by atoms with Gasteiger partial charge in [-0.05, 0) is 25.0 Å². The minimum Gasteiger partial charge on any atom is -0.491 e. The fourth-order valence-corrected chi connectivity index (χ4v) is 4.02. The van der Waals surface area contributed by atoms with Crippen molar-refractivity contribution >= 4 is 17.1 Å². The van der Waals surface area contributed by atoms with Crippen LogP contribution in [0.1, 0.15) is 53.7 Å². The van der Waals surface area contributed by atoms with Gasteiger partial charge in [0.15, 0.2) is 5.65 Å². The zero-order valence-corrected chi connectivity index (χ0v) is 14.4. The van der Waals surface area contributed by atoms with Crippen LogP contribution < -0.4 is 10.1 Å². The van der Waals surface area contributed by atoms with Crippen LogP contribution in [0.4, 0.5) is 0 Å². The van der Waals surface area contributed by atoms with E-state index in [0.717, 1.165) is 22.5 Å². The summed E-state index contributed by atoms with van der Waals surface area (Å²) < 4.78 is 7.79. The molecule has 1 fully saturated rings. The SMILES string of the molecule is O=C(NC1COc2ccccc21)c1cnc2c(c1)ncn2C1CCCC1. The minimum absolute atomic E-state index is 0.134. The van der Waals surface area contributed by atoms with E-state index in [1.165, 1.54) is 25.7 Å². The lowest BCUT2D eigenvalue weighted by molar-refractivity contribution is 0.0930. The Kier molecular flexibility index (Phi) is 3.62. The normalized spacial score (nSPS) is 19.5. The second-order valence-corrected chi connectivity index (χ2v) is 7.03. The molecule has 132 valence electrons. The Bertz CT molecular complexity index is 975. The van der Waals surface area contributed by atoms with Crippen molar-refractivity contribution in [3.05, 3.63) is 54.0 Å². The third-order valence-corrected chi connectivity index (χ3v) is 5.40. The summed E-state index contributed by atoms with van der Waals surface area (Å²) in [7, 11) is 0. The van der Waals surface area contributed by atoms with Crippen LogP contribution in [0.15, 0.2) is 42.9 Å². The lowest BCUT2D eigenvalue weighted by Gasteiger charge is -2.13. The molecule has 1 aromatic carbocycles. The number of imidazole rings is 1. The van der Waals surface area contributed by atoms with E-state index in [1.54, 1.807) is 6.20 Å². The number of carbonyl (C=O) groups excluding carboxylic acids is 1. The van der Waals surface area contributed by atoms with Gasteiger partial charge in [0, 0.05) is 17.8 Å². The Balaban J connectivity index is 1.38. The number of hydrogen-bond donors (Lipinski definition) is 1. The van der Waals surface area contributed by atoms with Gasteiger partial charge >= 0.3 is 0 Å². The molecule has 1 unspecified atom stereocenters. The number of carbonyl (C=O) groups is 1. The largest absolute Gasteiger partial charge is 0.491 e. The second-order valence-electron chi connectivity index (χ2n) is 7.03. The van der Waals surface area contributed by atoms with Crippen LogP contribution in [0.3, 0.4) is 0 Å². The number of pyridine rings is 1. The van der Waals surface area contributed by atoms with E-state index in [1.807, 2.05) is 36.7 Å². The number of amides is 1. The number of hydrogen-bond acceptors (Lipinski definition) is 4. The van der Waals surface area contributed by atoms with Crippen molar-refractivity contribution < 1.29 is 9.53 Å².